The third-order valence-electron chi connectivity index (χ3n) is 3.82. The summed E-state index contributed by atoms with van der Waals surface area (Å²) < 4.78 is 5.42. The zero-order valence-corrected chi connectivity index (χ0v) is 13.8. The number of amides is 1. The van der Waals surface area contributed by atoms with Crippen LogP contribution in [0.25, 0.3) is 0 Å². The minimum Gasteiger partial charge on any atom is -0.496 e. The maximum Gasteiger partial charge on any atom is 0.257 e. The Morgan fingerprint density at radius 2 is 1.88 bits per heavy atom. The predicted molar refractivity (Wildman–Crippen MR) is 97.3 cm³/mol. The van der Waals surface area contributed by atoms with Gasteiger partial charge >= 0.3 is 0 Å². The molecule has 0 radical (unpaired) electrons. The topological polar surface area (TPSA) is 71.2 Å². The van der Waals surface area contributed by atoms with Gasteiger partial charge in [0.15, 0.2) is 0 Å². The number of methoxy groups -OCH3 is 1. The van der Waals surface area contributed by atoms with Crippen LogP contribution in [0.3, 0.4) is 0 Å². The molecule has 2 N–H and O–H groups in total. The standard InChI is InChI=1S/C20H18N2O3/c1-25-18-9-8-17(12-16(18)11-14-5-3-2-4-6-14)22-20(24)15-7-10-19(23)21-13-15/h2-10,12-13H,11H2,1H3,(H,21,23)(H,22,24). The van der Waals surface area contributed by atoms with Crippen molar-refractivity contribution in [1.29, 1.82) is 0 Å². The number of aromatic amines is 1. The van der Waals surface area contributed by atoms with Crippen molar-refractivity contribution >= 4 is 11.6 Å². The van der Waals surface area contributed by atoms with E-state index in [1.54, 1.807) is 13.2 Å². The minimum atomic E-state index is -0.285. The summed E-state index contributed by atoms with van der Waals surface area (Å²) in [6.45, 7) is 0. The summed E-state index contributed by atoms with van der Waals surface area (Å²) in [4.78, 5) is 25.9. The Kier molecular flexibility index (Phi) is 4.95. The van der Waals surface area contributed by atoms with Crippen LogP contribution in [-0.2, 0) is 6.42 Å². The quantitative estimate of drug-likeness (QED) is 0.752. The van der Waals surface area contributed by atoms with Crippen LogP contribution in [0.5, 0.6) is 5.75 Å². The molecule has 2 aromatic carbocycles. The first-order valence-corrected chi connectivity index (χ1v) is 7.86. The van der Waals surface area contributed by atoms with Crippen molar-refractivity contribution in [2.45, 2.75) is 6.42 Å². The minimum absolute atomic E-state index is 0.244. The number of anilines is 1. The Bertz CT molecular complexity index is 913. The van der Waals surface area contributed by atoms with Gasteiger partial charge in [0, 0.05) is 29.9 Å². The van der Waals surface area contributed by atoms with Crippen LogP contribution in [0, 0.1) is 0 Å². The monoisotopic (exact) mass is 334 g/mol. The number of benzene rings is 2. The number of carbonyl (C=O) groups excluding carboxylic acids is 1. The van der Waals surface area contributed by atoms with E-state index in [0.717, 1.165) is 16.9 Å². The van der Waals surface area contributed by atoms with Gasteiger partial charge < -0.3 is 15.0 Å². The summed E-state index contributed by atoms with van der Waals surface area (Å²) in [5, 5.41) is 2.84. The molecule has 0 saturated carbocycles. The van der Waals surface area contributed by atoms with Gasteiger partial charge in [-0.2, -0.15) is 0 Å². The zero-order valence-electron chi connectivity index (χ0n) is 13.8. The van der Waals surface area contributed by atoms with Crippen LogP contribution in [0.15, 0.2) is 71.7 Å². The molecule has 25 heavy (non-hydrogen) atoms. The summed E-state index contributed by atoms with van der Waals surface area (Å²) >= 11 is 0. The molecule has 0 aliphatic carbocycles. The zero-order chi connectivity index (χ0) is 17.6. The lowest BCUT2D eigenvalue weighted by atomic mass is 10.0. The van der Waals surface area contributed by atoms with Gasteiger partial charge in [0.05, 0.1) is 12.7 Å². The van der Waals surface area contributed by atoms with Crippen molar-refractivity contribution < 1.29 is 9.53 Å². The van der Waals surface area contributed by atoms with E-state index in [4.69, 9.17) is 4.74 Å². The Morgan fingerprint density at radius 1 is 1.08 bits per heavy atom. The van der Waals surface area contributed by atoms with E-state index < -0.39 is 0 Å². The van der Waals surface area contributed by atoms with Crippen LogP contribution in [-0.4, -0.2) is 18.0 Å². The summed E-state index contributed by atoms with van der Waals surface area (Å²) in [6.07, 6.45) is 2.10. The molecule has 3 aromatic rings. The molecular formula is C20H18N2O3. The highest BCUT2D eigenvalue weighted by molar-refractivity contribution is 6.04. The van der Waals surface area contributed by atoms with Crippen molar-refractivity contribution in [3.63, 3.8) is 0 Å². The van der Waals surface area contributed by atoms with Gasteiger partial charge in [0.2, 0.25) is 5.56 Å². The molecule has 0 atom stereocenters. The van der Waals surface area contributed by atoms with E-state index in [2.05, 4.69) is 10.3 Å². The molecule has 0 fully saturated rings. The fourth-order valence-corrected chi connectivity index (χ4v) is 2.57. The lowest BCUT2D eigenvalue weighted by Crippen LogP contribution is -2.14. The number of aromatic nitrogens is 1. The summed E-state index contributed by atoms with van der Waals surface area (Å²) in [5.74, 6) is 0.484. The first-order chi connectivity index (χ1) is 12.2. The number of carbonyl (C=O) groups is 1. The summed E-state index contributed by atoms with van der Waals surface area (Å²) in [5.41, 5.74) is 2.95. The first-order valence-electron chi connectivity index (χ1n) is 7.86. The second-order valence-electron chi connectivity index (χ2n) is 5.58. The normalized spacial score (nSPS) is 10.3. The number of rotatable bonds is 5. The van der Waals surface area contributed by atoms with Crippen LogP contribution < -0.4 is 15.6 Å². The number of H-pyrrole nitrogens is 1. The Hall–Kier alpha value is -3.34. The highest BCUT2D eigenvalue weighted by Gasteiger charge is 2.10. The van der Waals surface area contributed by atoms with Crippen molar-refractivity contribution in [2.75, 3.05) is 12.4 Å². The average molecular weight is 334 g/mol. The molecule has 3 rings (SSSR count). The Morgan fingerprint density at radius 3 is 2.56 bits per heavy atom. The average Bonchev–Trinajstić information content (AvgIpc) is 2.63. The van der Waals surface area contributed by atoms with Crippen LogP contribution in [0.1, 0.15) is 21.5 Å². The number of hydrogen-bond acceptors (Lipinski definition) is 3. The van der Waals surface area contributed by atoms with Crippen molar-refractivity contribution in [3.05, 3.63) is 93.9 Å². The van der Waals surface area contributed by atoms with E-state index in [9.17, 15) is 9.59 Å². The lowest BCUT2D eigenvalue weighted by Gasteiger charge is -2.12. The number of nitrogens with one attached hydrogen (secondary N) is 2. The Balaban J connectivity index is 1.82. The highest BCUT2D eigenvalue weighted by Crippen LogP contribution is 2.25. The van der Waals surface area contributed by atoms with Crippen molar-refractivity contribution in [3.8, 4) is 5.75 Å². The maximum absolute atomic E-state index is 12.3. The maximum atomic E-state index is 12.3. The molecule has 0 saturated heterocycles. The highest BCUT2D eigenvalue weighted by atomic mass is 16.5. The van der Waals surface area contributed by atoms with E-state index in [1.165, 1.54) is 18.3 Å². The van der Waals surface area contributed by atoms with Crippen molar-refractivity contribution in [2.24, 2.45) is 0 Å². The van der Waals surface area contributed by atoms with Gasteiger partial charge in [-0.25, -0.2) is 0 Å². The van der Waals surface area contributed by atoms with Crippen LogP contribution in [0.4, 0.5) is 5.69 Å². The molecule has 1 amide bonds. The van der Waals surface area contributed by atoms with Gasteiger partial charge in [0.1, 0.15) is 5.75 Å². The molecule has 0 bridgehead atoms. The van der Waals surface area contributed by atoms with Gasteiger partial charge in [-0.05, 0) is 29.8 Å². The third kappa shape index (κ3) is 4.14. The molecule has 0 aliphatic rings. The van der Waals surface area contributed by atoms with E-state index in [-0.39, 0.29) is 11.5 Å². The fourth-order valence-electron chi connectivity index (χ4n) is 2.57. The Labute approximate surface area is 145 Å². The van der Waals surface area contributed by atoms with E-state index in [1.807, 2.05) is 42.5 Å². The molecule has 0 spiro atoms. The fraction of sp³-hybridized carbons (Fsp3) is 0.100. The SMILES string of the molecule is COc1ccc(NC(=O)c2ccc(=O)[nH]c2)cc1Cc1ccccc1. The van der Waals surface area contributed by atoms with Crippen LogP contribution in [0.2, 0.25) is 0 Å². The first kappa shape index (κ1) is 16.5. The predicted octanol–water partition coefficient (Wildman–Crippen LogP) is 3.23. The molecule has 126 valence electrons. The molecular weight excluding hydrogens is 316 g/mol. The molecule has 1 heterocycles. The van der Waals surface area contributed by atoms with Crippen LogP contribution >= 0.6 is 0 Å². The second-order valence-corrected chi connectivity index (χ2v) is 5.58. The second kappa shape index (κ2) is 7.49. The third-order valence-corrected chi connectivity index (χ3v) is 3.82. The summed E-state index contributed by atoms with van der Waals surface area (Å²) in [7, 11) is 1.63. The number of ether oxygens (including phenoxy) is 1. The lowest BCUT2D eigenvalue weighted by molar-refractivity contribution is 0.102. The van der Waals surface area contributed by atoms with Gasteiger partial charge in [-0.3, -0.25) is 9.59 Å². The summed E-state index contributed by atoms with van der Waals surface area (Å²) in [6, 6.07) is 18.4. The number of pyridine rings is 1. The molecule has 5 heteroatoms. The van der Waals surface area contributed by atoms with Crippen molar-refractivity contribution in [1.82, 2.24) is 4.98 Å². The van der Waals surface area contributed by atoms with E-state index >= 15 is 0 Å². The molecule has 0 aliphatic heterocycles. The van der Waals surface area contributed by atoms with Gasteiger partial charge in [-0.15, -0.1) is 0 Å². The molecule has 1 aromatic heterocycles. The number of hydrogen-bond donors (Lipinski definition) is 2. The molecule has 5 nitrogen and oxygen atoms in total. The van der Waals surface area contributed by atoms with E-state index in [0.29, 0.717) is 17.7 Å². The van der Waals surface area contributed by atoms with Gasteiger partial charge in [-0.1, -0.05) is 30.3 Å². The molecule has 0 unspecified atom stereocenters. The largest absolute Gasteiger partial charge is 0.496 e. The van der Waals surface area contributed by atoms with Gasteiger partial charge in [0.25, 0.3) is 5.91 Å². The smallest absolute Gasteiger partial charge is 0.257 e.